The van der Waals surface area contributed by atoms with Gasteiger partial charge in [-0.3, -0.25) is 4.79 Å². The van der Waals surface area contributed by atoms with E-state index in [1.165, 1.54) is 17.3 Å². The van der Waals surface area contributed by atoms with Crippen LogP contribution in [0.25, 0.3) is 11.4 Å². The summed E-state index contributed by atoms with van der Waals surface area (Å²) in [6, 6.07) is 24.0. The van der Waals surface area contributed by atoms with Crippen molar-refractivity contribution in [3.05, 3.63) is 95.1 Å². The molecule has 1 amide bonds. The SMILES string of the molecule is Cc1ccc(C2Nn3c(nnc3-c3ccccc3)SC2C(=O)Nc2cc(C)ccc2C)cc1. The summed E-state index contributed by atoms with van der Waals surface area (Å²) in [7, 11) is 0. The van der Waals surface area contributed by atoms with Crippen molar-refractivity contribution in [2.24, 2.45) is 0 Å². The van der Waals surface area contributed by atoms with E-state index >= 15 is 0 Å². The number of nitrogens with zero attached hydrogens (tertiary/aromatic N) is 3. The summed E-state index contributed by atoms with van der Waals surface area (Å²) in [6.45, 7) is 6.08. The molecule has 0 aliphatic carbocycles. The molecule has 4 aromatic rings. The van der Waals surface area contributed by atoms with E-state index in [9.17, 15) is 4.79 Å². The summed E-state index contributed by atoms with van der Waals surface area (Å²) in [5.41, 5.74) is 9.67. The number of thioether (sulfide) groups is 1. The maximum Gasteiger partial charge on any atom is 0.240 e. The molecule has 2 N–H and O–H groups in total. The normalized spacial score (nSPS) is 17.2. The van der Waals surface area contributed by atoms with Gasteiger partial charge in [-0.2, -0.15) is 0 Å². The van der Waals surface area contributed by atoms with E-state index in [2.05, 4.69) is 52.1 Å². The largest absolute Gasteiger partial charge is 0.325 e. The van der Waals surface area contributed by atoms with Crippen molar-refractivity contribution in [2.75, 3.05) is 10.7 Å². The molecule has 7 heteroatoms. The van der Waals surface area contributed by atoms with Gasteiger partial charge in [0, 0.05) is 11.3 Å². The van der Waals surface area contributed by atoms with E-state index < -0.39 is 5.25 Å². The van der Waals surface area contributed by atoms with Gasteiger partial charge in [0.05, 0.1) is 6.04 Å². The van der Waals surface area contributed by atoms with Crippen LogP contribution in [0.15, 0.2) is 78.0 Å². The molecule has 1 aliphatic rings. The molecule has 1 aliphatic heterocycles. The molecule has 0 spiro atoms. The number of fused-ring (bicyclic) bond motifs is 1. The van der Waals surface area contributed by atoms with Crippen LogP contribution in [0, 0.1) is 20.8 Å². The number of carbonyl (C=O) groups excluding carboxylic acids is 1. The molecule has 1 aromatic heterocycles. The van der Waals surface area contributed by atoms with Crippen LogP contribution in [0.2, 0.25) is 0 Å². The van der Waals surface area contributed by atoms with E-state index in [0.29, 0.717) is 5.16 Å². The van der Waals surface area contributed by atoms with Crippen molar-refractivity contribution in [3.63, 3.8) is 0 Å². The van der Waals surface area contributed by atoms with E-state index in [4.69, 9.17) is 0 Å². The summed E-state index contributed by atoms with van der Waals surface area (Å²) in [6.07, 6.45) is 0. The Kier molecular flexibility index (Phi) is 5.64. The molecule has 0 bridgehead atoms. The van der Waals surface area contributed by atoms with Gasteiger partial charge in [0.1, 0.15) is 5.25 Å². The van der Waals surface area contributed by atoms with Crippen LogP contribution in [-0.4, -0.2) is 26.0 Å². The minimum absolute atomic E-state index is 0.0673. The molecule has 2 unspecified atom stereocenters. The number of anilines is 1. The van der Waals surface area contributed by atoms with Crippen LogP contribution in [0.1, 0.15) is 28.3 Å². The van der Waals surface area contributed by atoms with Gasteiger partial charge in [0.25, 0.3) is 0 Å². The number of rotatable bonds is 4. The monoisotopic (exact) mass is 455 g/mol. The number of aromatic nitrogens is 3. The van der Waals surface area contributed by atoms with Crippen LogP contribution < -0.4 is 10.7 Å². The number of hydrogen-bond donors (Lipinski definition) is 2. The molecule has 0 saturated heterocycles. The molecule has 166 valence electrons. The molecular weight excluding hydrogens is 430 g/mol. The molecule has 0 saturated carbocycles. The molecule has 5 rings (SSSR count). The van der Waals surface area contributed by atoms with Crippen LogP contribution in [0.3, 0.4) is 0 Å². The topological polar surface area (TPSA) is 71.8 Å². The summed E-state index contributed by atoms with van der Waals surface area (Å²) < 4.78 is 1.90. The van der Waals surface area contributed by atoms with Gasteiger partial charge in [-0.05, 0) is 43.5 Å². The predicted octanol–water partition coefficient (Wildman–Crippen LogP) is 5.27. The number of hydrogen-bond acceptors (Lipinski definition) is 5. The molecule has 6 nitrogen and oxygen atoms in total. The lowest BCUT2D eigenvalue weighted by atomic mass is 10.0. The fraction of sp³-hybridized carbons (Fsp3) is 0.192. The van der Waals surface area contributed by atoms with Crippen molar-refractivity contribution in [1.29, 1.82) is 0 Å². The highest BCUT2D eigenvalue weighted by Crippen LogP contribution is 2.39. The van der Waals surface area contributed by atoms with Crippen molar-refractivity contribution in [2.45, 2.75) is 37.2 Å². The maximum absolute atomic E-state index is 13.5. The van der Waals surface area contributed by atoms with Gasteiger partial charge in [0.15, 0.2) is 5.82 Å². The Morgan fingerprint density at radius 1 is 0.939 bits per heavy atom. The Balaban J connectivity index is 1.52. The fourth-order valence-electron chi connectivity index (χ4n) is 3.93. The fourth-order valence-corrected chi connectivity index (χ4v) is 5.01. The predicted molar refractivity (Wildman–Crippen MR) is 133 cm³/mol. The third-order valence-corrected chi connectivity index (χ3v) is 7.03. The van der Waals surface area contributed by atoms with Crippen molar-refractivity contribution in [3.8, 4) is 11.4 Å². The van der Waals surface area contributed by atoms with E-state index in [-0.39, 0.29) is 11.9 Å². The highest BCUT2D eigenvalue weighted by atomic mass is 32.2. The summed E-state index contributed by atoms with van der Waals surface area (Å²) in [4.78, 5) is 13.5. The smallest absolute Gasteiger partial charge is 0.240 e. The molecule has 33 heavy (non-hydrogen) atoms. The first-order chi connectivity index (χ1) is 16.0. The van der Waals surface area contributed by atoms with Crippen molar-refractivity contribution in [1.82, 2.24) is 14.9 Å². The van der Waals surface area contributed by atoms with Crippen molar-refractivity contribution < 1.29 is 4.79 Å². The first kappa shape index (κ1) is 21.3. The zero-order chi connectivity index (χ0) is 22.9. The van der Waals surface area contributed by atoms with Crippen LogP contribution in [0.4, 0.5) is 5.69 Å². The second kappa shape index (κ2) is 8.75. The highest BCUT2D eigenvalue weighted by molar-refractivity contribution is 8.00. The van der Waals surface area contributed by atoms with Gasteiger partial charge in [-0.15, -0.1) is 10.2 Å². The zero-order valence-electron chi connectivity index (χ0n) is 18.7. The third kappa shape index (κ3) is 4.24. The molecule has 0 fully saturated rings. The van der Waals surface area contributed by atoms with Crippen molar-refractivity contribution >= 4 is 23.4 Å². The lowest BCUT2D eigenvalue weighted by Crippen LogP contribution is -2.41. The average Bonchev–Trinajstić information content (AvgIpc) is 3.25. The number of carbonyl (C=O) groups is 1. The van der Waals surface area contributed by atoms with E-state index in [0.717, 1.165) is 33.8 Å². The number of nitrogens with one attached hydrogen (secondary N) is 2. The second-order valence-corrected chi connectivity index (χ2v) is 9.48. The number of amides is 1. The Labute approximate surface area is 197 Å². The average molecular weight is 456 g/mol. The van der Waals surface area contributed by atoms with E-state index in [1.54, 1.807) is 0 Å². The highest BCUT2D eigenvalue weighted by Gasteiger charge is 2.38. The van der Waals surface area contributed by atoms with Gasteiger partial charge >= 0.3 is 0 Å². The van der Waals surface area contributed by atoms with Gasteiger partial charge in [-0.1, -0.05) is 84.1 Å². The molecule has 2 heterocycles. The summed E-state index contributed by atoms with van der Waals surface area (Å²) in [5, 5.41) is 12.2. The Bertz CT molecular complexity index is 1300. The lowest BCUT2D eigenvalue weighted by molar-refractivity contribution is -0.116. The van der Waals surface area contributed by atoms with Crippen LogP contribution in [0.5, 0.6) is 0 Å². The Hall–Kier alpha value is -3.58. The standard InChI is InChI=1S/C26H25N5OS/c1-16-10-13-19(14-11-16)22-23(25(32)27-21-15-17(2)9-12-18(21)3)33-26-29-28-24(31(26)30-22)20-7-5-4-6-8-20/h4-15,22-23,30H,1-3H3,(H,27,32). The maximum atomic E-state index is 13.5. The van der Waals surface area contributed by atoms with Crippen LogP contribution in [-0.2, 0) is 4.79 Å². The first-order valence-electron chi connectivity index (χ1n) is 10.9. The second-order valence-electron chi connectivity index (χ2n) is 8.37. The minimum atomic E-state index is -0.423. The lowest BCUT2D eigenvalue weighted by Gasteiger charge is -2.33. The molecule has 2 atom stereocenters. The quantitative estimate of drug-likeness (QED) is 0.439. The number of benzene rings is 3. The summed E-state index contributed by atoms with van der Waals surface area (Å²) >= 11 is 1.43. The van der Waals surface area contributed by atoms with Gasteiger partial charge in [-0.25, -0.2) is 4.68 Å². The molecule has 0 radical (unpaired) electrons. The number of aryl methyl sites for hydroxylation is 3. The molecular formula is C26H25N5OS. The Morgan fingerprint density at radius 3 is 2.42 bits per heavy atom. The first-order valence-corrected chi connectivity index (χ1v) is 11.8. The van der Waals surface area contributed by atoms with E-state index in [1.807, 2.05) is 67.1 Å². The van der Waals surface area contributed by atoms with Gasteiger partial charge < -0.3 is 10.7 Å². The summed E-state index contributed by atoms with van der Waals surface area (Å²) in [5.74, 6) is 0.658. The van der Waals surface area contributed by atoms with Gasteiger partial charge in [0.2, 0.25) is 11.1 Å². The zero-order valence-corrected chi connectivity index (χ0v) is 19.6. The third-order valence-electron chi connectivity index (χ3n) is 5.81. The molecule has 3 aromatic carbocycles. The Morgan fingerprint density at radius 2 is 1.67 bits per heavy atom. The van der Waals surface area contributed by atoms with Crippen LogP contribution >= 0.6 is 11.8 Å². The minimum Gasteiger partial charge on any atom is -0.325 e.